The Kier molecular flexibility index (Phi) is 6.58. The number of pyridine rings is 2. The van der Waals surface area contributed by atoms with Crippen molar-refractivity contribution < 1.29 is 23.9 Å². The summed E-state index contributed by atoms with van der Waals surface area (Å²) in [6.07, 6.45) is 10.5. The van der Waals surface area contributed by atoms with Gasteiger partial charge in [-0.3, -0.25) is 4.98 Å². The van der Waals surface area contributed by atoms with Gasteiger partial charge < -0.3 is 24.0 Å². The fourth-order valence-corrected chi connectivity index (χ4v) is 7.12. The number of aromatic carboxylic acids is 1. The van der Waals surface area contributed by atoms with Crippen LogP contribution in [-0.2, 0) is 4.74 Å². The third kappa shape index (κ3) is 4.93. The molecule has 2 saturated carbocycles. The summed E-state index contributed by atoms with van der Waals surface area (Å²) in [5.74, 6) is 2.32. The molecule has 4 aromatic rings. The highest BCUT2D eigenvalue weighted by Gasteiger charge is 2.54. The molecule has 4 fully saturated rings. The summed E-state index contributed by atoms with van der Waals surface area (Å²) in [6.45, 7) is 3.01. The second kappa shape index (κ2) is 10.5. The zero-order valence-electron chi connectivity index (χ0n) is 23.1. The maximum atomic E-state index is 11.7. The lowest BCUT2D eigenvalue weighted by Crippen LogP contribution is -2.23. The van der Waals surface area contributed by atoms with E-state index < -0.39 is 5.97 Å². The molecule has 5 heterocycles. The van der Waals surface area contributed by atoms with E-state index in [1.54, 1.807) is 12.4 Å². The van der Waals surface area contributed by atoms with E-state index in [0.717, 1.165) is 54.7 Å². The largest absolute Gasteiger partial charge is 0.487 e. The first kappa shape index (κ1) is 26.9. The fraction of sp³-hybridized carbons (Fsp3) is 0.375. The summed E-state index contributed by atoms with van der Waals surface area (Å²) < 4.78 is 17.5. The van der Waals surface area contributed by atoms with E-state index in [-0.39, 0.29) is 11.8 Å². The van der Waals surface area contributed by atoms with Gasteiger partial charge in [-0.25, -0.2) is 9.78 Å². The molecule has 0 bridgehead atoms. The number of benzene rings is 1. The number of carbonyl (C=O) groups is 1. The highest BCUT2D eigenvalue weighted by atomic mass is 35.5. The fourth-order valence-electron chi connectivity index (χ4n) is 6.58. The number of hydrogen-bond acceptors (Lipinski definition) is 8. The molecule has 1 aromatic carbocycles. The van der Waals surface area contributed by atoms with Gasteiger partial charge in [-0.1, -0.05) is 40.5 Å². The lowest BCUT2D eigenvalue weighted by atomic mass is 10.0. The number of anilines is 1. The second-order valence-corrected chi connectivity index (χ2v) is 12.7. The van der Waals surface area contributed by atoms with Crippen LogP contribution in [-0.4, -0.2) is 58.6 Å². The summed E-state index contributed by atoms with van der Waals surface area (Å²) in [7, 11) is 0. The normalized spacial score (nSPS) is 24.7. The molecule has 3 atom stereocenters. The Hall–Kier alpha value is -3.66. The minimum absolute atomic E-state index is 0.0273. The van der Waals surface area contributed by atoms with E-state index in [4.69, 9.17) is 37.2 Å². The molecule has 1 N–H and O–H groups in total. The topological polar surface area (TPSA) is 111 Å². The van der Waals surface area contributed by atoms with Crippen molar-refractivity contribution in [1.29, 1.82) is 0 Å². The zero-order valence-corrected chi connectivity index (χ0v) is 24.6. The third-order valence-electron chi connectivity index (χ3n) is 9.06. The van der Waals surface area contributed by atoms with Gasteiger partial charge in [0.2, 0.25) is 0 Å². The zero-order chi connectivity index (χ0) is 29.2. The summed E-state index contributed by atoms with van der Waals surface area (Å²) in [5.41, 5.74) is 3.94. The first-order valence-corrected chi connectivity index (χ1v) is 15.3. The lowest BCUT2D eigenvalue weighted by Gasteiger charge is -2.23. The van der Waals surface area contributed by atoms with Gasteiger partial charge in [-0.05, 0) is 48.8 Å². The molecule has 0 spiro atoms. The second-order valence-electron chi connectivity index (χ2n) is 11.8. The number of carboxylic acids is 1. The van der Waals surface area contributed by atoms with Crippen molar-refractivity contribution in [2.45, 2.75) is 31.3 Å². The molecule has 43 heavy (non-hydrogen) atoms. The average Bonchev–Trinajstić information content (AvgIpc) is 3.72. The van der Waals surface area contributed by atoms with Crippen molar-refractivity contribution in [3.8, 4) is 17.0 Å². The molecule has 11 heteroatoms. The van der Waals surface area contributed by atoms with Gasteiger partial charge in [0.1, 0.15) is 23.3 Å². The molecular weight excluding hydrogens is 591 g/mol. The van der Waals surface area contributed by atoms with Gasteiger partial charge >= 0.3 is 5.97 Å². The predicted octanol–water partition coefficient (Wildman–Crippen LogP) is 6.73. The molecule has 9 nitrogen and oxygen atoms in total. The van der Waals surface area contributed by atoms with Gasteiger partial charge in [0.15, 0.2) is 5.69 Å². The lowest BCUT2D eigenvalue weighted by molar-refractivity contribution is 0.0690. The molecule has 4 aliphatic rings. The molecule has 3 unspecified atom stereocenters. The molecule has 3 aromatic heterocycles. The number of rotatable bonds is 8. The van der Waals surface area contributed by atoms with Crippen molar-refractivity contribution in [1.82, 2.24) is 15.1 Å². The van der Waals surface area contributed by atoms with E-state index in [0.29, 0.717) is 69.5 Å². The smallest absolute Gasteiger partial charge is 0.354 e. The van der Waals surface area contributed by atoms with Crippen LogP contribution in [0, 0.1) is 17.8 Å². The highest BCUT2D eigenvalue weighted by molar-refractivity contribution is 6.39. The van der Waals surface area contributed by atoms with Crippen molar-refractivity contribution >= 4 is 51.8 Å². The van der Waals surface area contributed by atoms with Crippen LogP contribution in [0.1, 0.15) is 47.0 Å². The summed E-state index contributed by atoms with van der Waals surface area (Å²) in [6, 6.07) is 7.50. The van der Waals surface area contributed by atoms with Crippen LogP contribution in [0.3, 0.4) is 0 Å². The van der Waals surface area contributed by atoms with Crippen LogP contribution in [0.15, 0.2) is 47.3 Å². The summed E-state index contributed by atoms with van der Waals surface area (Å²) >= 11 is 13.0. The monoisotopic (exact) mass is 618 g/mol. The third-order valence-corrected chi connectivity index (χ3v) is 9.63. The number of aromatic nitrogens is 3. The minimum atomic E-state index is -1.08. The number of carboxylic acid groups (broad SMARTS) is 1. The number of fused-ring (bicyclic) bond motifs is 2. The number of piperidine rings is 1. The summed E-state index contributed by atoms with van der Waals surface area (Å²) in [5, 5.41) is 15.7. The van der Waals surface area contributed by atoms with E-state index in [1.807, 2.05) is 12.1 Å². The standard InChI is InChI=1S/C32H28Cl2N4O5/c33-24-11-35-12-25(34)29(24)30-20(31(43-37-30)16-1-2-16)5-4-19-22-13-38(14-23(19)22)17-3-6-26-21(9-17)28(10-27(36-26)32(39)40)42-18-7-8-41-15-18/h3-6,9-12,16,18-19,22-23H,1-2,7-8,13-15H2,(H,39,40). The van der Waals surface area contributed by atoms with Crippen LogP contribution in [0.2, 0.25) is 10.0 Å². The quantitative estimate of drug-likeness (QED) is 0.230. The highest BCUT2D eigenvalue weighted by Crippen LogP contribution is 2.54. The van der Waals surface area contributed by atoms with Crippen molar-refractivity contribution in [2.75, 3.05) is 31.2 Å². The van der Waals surface area contributed by atoms with Crippen LogP contribution >= 0.6 is 23.2 Å². The molecule has 0 amide bonds. The van der Waals surface area contributed by atoms with Crippen LogP contribution in [0.4, 0.5) is 5.69 Å². The first-order chi connectivity index (χ1) is 20.9. The van der Waals surface area contributed by atoms with Gasteiger partial charge in [0, 0.05) is 66.1 Å². The number of nitrogens with zero attached hydrogens (tertiary/aromatic N) is 4. The van der Waals surface area contributed by atoms with Gasteiger partial charge in [0.25, 0.3) is 0 Å². The minimum Gasteiger partial charge on any atom is -0.487 e. The molecular formula is C32H28Cl2N4O5. The van der Waals surface area contributed by atoms with E-state index in [9.17, 15) is 9.90 Å². The molecule has 220 valence electrons. The molecule has 2 aliphatic heterocycles. The van der Waals surface area contributed by atoms with Crippen molar-refractivity contribution in [2.24, 2.45) is 17.8 Å². The Balaban J connectivity index is 1.02. The van der Waals surface area contributed by atoms with Crippen LogP contribution in [0.25, 0.3) is 28.2 Å². The molecule has 8 rings (SSSR count). The van der Waals surface area contributed by atoms with E-state index >= 15 is 0 Å². The predicted molar refractivity (Wildman–Crippen MR) is 162 cm³/mol. The number of ether oxygens (including phenoxy) is 2. The molecule has 2 saturated heterocycles. The molecule has 2 aliphatic carbocycles. The Morgan fingerprint density at radius 1 is 1.09 bits per heavy atom. The maximum absolute atomic E-state index is 11.7. The van der Waals surface area contributed by atoms with Crippen molar-refractivity contribution in [3.05, 3.63) is 69.8 Å². The Labute approximate surface area is 257 Å². The number of allylic oxidation sites excluding steroid dienone is 1. The first-order valence-electron chi connectivity index (χ1n) is 14.6. The van der Waals surface area contributed by atoms with Gasteiger partial charge in [-0.15, -0.1) is 0 Å². The van der Waals surface area contributed by atoms with Crippen LogP contribution in [0.5, 0.6) is 5.75 Å². The number of hydrogen-bond donors (Lipinski definition) is 1. The Bertz CT molecular complexity index is 1750. The average molecular weight is 620 g/mol. The van der Waals surface area contributed by atoms with Gasteiger partial charge in [0.05, 0.1) is 28.8 Å². The maximum Gasteiger partial charge on any atom is 0.354 e. The Morgan fingerprint density at radius 3 is 2.58 bits per heavy atom. The number of halogens is 2. The van der Waals surface area contributed by atoms with Crippen LogP contribution < -0.4 is 9.64 Å². The van der Waals surface area contributed by atoms with Gasteiger partial charge in [-0.2, -0.15) is 0 Å². The molecule has 0 radical (unpaired) electrons. The SMILES string of the molecule is O=C(O)c1cc(OC2CCOC2)c2cc(N3CC4C(C=Cc5c(-c6c(Cl)cncc6Cl)noc5C5CC5)C4C3)ccc2n1. The van der Waals surface area contributed by atoms with E-state index in [1.165, 1.54) is 6.07 Å². The summed E-state index contributed by atoms with van der Waals surface area (Å²) in [4.78, 5) is 22.5. The van der Waals surface area contributed by atoms with E-state index in [2.05, 4.69) is 38.2 Å². The Morgan fingerprint density at radius 2 is 1.88 bits per heavy atom. The van der Waals surface area contributed by atoms with Crippen molar-refractivity contribution in [3.63, 3.8) is 0 Å².